The summed E-state index contributed by atoms with van der Waals surface area (Å²) in [5, 5.41) is 0. The molecule has 0 bridgehead atoms. The van der Waals surface area contributed by atoms with Crippen molar-refractivity contribution in [3.63, 3.8) is 0 Å². The van der Waals surface area contributed by atoms with Crippen LogP contribution in [0.1, 0.15) is 42.9 Å². The Labute approximate surface area is 148 Å². The normalized spacial score (nSPS) is 24.3. The molecule has 1 aromatic rings. The molecule has 3 aliphatic rings. The number of amidine groups is 1. The van der Waals surface area contributed by atoms with Crippen LogP contribution in [0.4, 0.5) is 5.69 Å². The number of rotatable bonds is 2. The lowest BCUT2D eigenvalue weighted by Crippen LogP contribution is -2.38. The highest BCUT2D eigenvalue weighted by Gasteiger charge is 2.29. The van der Waals surface area contributed by atoms with E-state index in [4.69, 9.17) is 18.0 Å². The summed E-state index contributed by atoms with van der Waals surface area (Å²) in [7, 11) is 0. The quantitative estimate of drug-likeness (QED) is 0.503. The molecule has 3 nitrogen and oxygen atoms in total. The van der Waals surface area contributed by atoms with E-state index >= 15 is 0 Å². The third kappa shape index (κ3) is 2.96. The molecular weight excluding hydrogens is 314 g/mol. The Morgan fingerprint density at radius 3 is 3.04 bits per heavy atom. The number of aliphatic imine (C=N–C) groups is 1. The molecule has 4 heteroatoms. The summed E-state index contributed by atoms with van der Waals surface area (Å²) in [4.78, 5) is 8.17. The van der Waals surface area contributed by atoms with E-state index in [1.165, 1.54) is 43.5 Å². The maximum Gasteiger partial charge on any atom is 0.132 e. The number of benzene rings is 1. The minimum Gasteiger partial charge on any atom is -0.383 e. The van der Waals surface area contributed by atoms with Crippen molar-refractivity contribution in [1.82, 2.24) is 4.90 Å². The van der Waals surface area contributed by atoms with E-state index < -0.39 is 0 Å². The number of allylic oxidation sites excluding steroid dienone is 3. The van der Waals surface area contributed by atoms with Gasteiger partial charge in [0.05, 0.1) is 5.69 Å². The molecular formula is C20H23N3S. The van der Waals surface area contributed by atoms with Gasteiger partial charge in [-0.1, -0.05) is 42.9 Å². The Morgan fingerprint density at radius 2 is 2.17 bits per heavy atom. The molecule has 0 saturated carbocycles. The van der Waals surface area contributed by atoms with Crippen molar-refractivity contribution in [1.29, 1.82) is 0 Å². The predicted molar refractivity (Wildman–Crippen MR) is 104 cm³/mol. The zero-order valence-corrected chi connectivity index (χ0v) is 14.7. The van der Waals surface area contributed by atoms with Gasteiger partial charge in [-0.2, -0.15) is 0 Å². The fourth-order valence-electron chi connectivity index (χ4n) is 4.03. The first-order valence-corrected chi connectivity index (χ1v) is 9.24. The van der Waals surface area contributed by atoms with Crippen LogP contribution in [0.25, 0.3) is 0 Å². The minimum atomic E-state index is 0.528. The lowest BCUT2D eigenvalue weighted by molar-refractivity contribution is 0.139. The first-order chi connectivity index (χ1) is 11.7. The maximum atomic E-state index is 6.23. The molecule has 0 radical (unpaired) electrons. The molecule has 1 fully saturated rings. The van der Waals surface area contributed by atoms with Crippen LogP contribution in [0.3, 0.4) is 0 Å². The number of nitrogens with two attached hydrogens (primary N) is 1. The first-order valence-electron chi connectivity index (χ1n) is 8.84. The topological polar surface area (TPSA) is 41.6 Å². The van der Waals surface area contributed by atoms with E-state index in [1.807, 2.05) is 12.2 Å². The van der Waals surface area contributed by atoms with Crippen molar-refractivity contribution < 1.29 is 0 Å². The lowest BCUT2D eigenvalue weighted by Gasteiger charge is -2.40. The second-order valence-corrected chi connectivity index (χ2v) is 7.31. The van der Waals surface area contributed by atoms with Gasteiger partial charge in [-0.05, 0) is 49.1 Å². The molecule has 1 aromatic carbocycles. The molecule has 1 atom stereocenters. The Bertz CT molecular complexity index is 760. The molecule has 0 amide bonds. The van der Waals surface area contributed by atoms with Gasteiger partial charge in [-0.25, -0.2) is 4.99 Å². The van der Waals surface area contributed by atoms with E-state index in [9.17, 15) is 0 Å². The van der Waals surface area contributed by atoms with Gasteiger partial charge in [0.15, 0.2) is 0 Å². The van der Waals surface area contributed by atoms with Crippen molar-refractivity contribution in [2.24, 2.45) is 10.7 Å². The minimum absolute atomic E-state index is 0.528. The molecule has 1 unspecified atom stereocenters. The summed E-state index contributed by atoms with van der Waals surface area (Å²) in [5.74, 6) is 0.528. The zero-order chi connectivity index (χ0) is 16.5. The van der Waals surface area contributed by atoms with Crippen LogP contribution in [-0.4, -0.2) is 28.7 Å². The Morgan fingerprint density at radius 1 is 1.25 bits per heavy atom. The molecule has 24 heavy (non-hydrogen) atoms. The van der Waals surface area contributed by atoms with Crippen LogP contribution in [0.5, 0.6) is 0 Å². The second-order valence-electron chi connectivity index (χ2n) is 6.81. The summed E-state index contributed by atoms with van der Waals surface area (Å²) < 4.78 is 0. The highest BCUT2D eigenvalue weighted by molar-refractivity contribution is 7.81. The van der Waals surface area contributed by atoms with E-state index in [0.717, 1.165) is 29.0 Å². The van der Waals surface area contributed by atoms with Crippen molar-refractivity contribution in [2.75, 3.05) is 13.1 Å². The Hall–Kier alpha value is -1.78. The molecule has 1 aliphatic carbocycles. The van der Waals surface area contributed by atoms with E-state index in [-0.39, 0.29) is 0 Å². The molecule has 4 rings (SSSR count). The third-order valence-electron chi connectivity index (χ3n) is 5.30. The van der Waals surface area contributed by atoms with E-state index in [2.05, 4.69) is 34.2 Å². The van der Waals surface area contributed by atoms with Gasteiger partial charge in [0.25, 0.3) is 0 Å². The highest BCUT2D eigenvalue weighted by atomic mass is 32.1. The molecule has 2 N–H and O–H groups in total. The Kier molecular flexibility index (Phi) is 4.33. The number of hydrogen-bond acceptors (Lipinski definition) is 3. The summed E-state index contributed by atoms with van der Waals surface area (Å²) in [6.45, 7) is 2.42. The fourth-order valence-corrected chi connectivity index (χ4v) is 4.30. The van der Waals surface area contributed by atoms with Gasteiger partial charge in [0.2, 0.25) is 0 Å². The van der Waals surface area contributed by atoms with Gasteiger partial charge < -0.3 is 5.73 Å². The number of nitrogens with zero attached hydrogens (tertiary/aromatic N) is 2. The van der Waals surface area contributed by atoms with Crippen LogP contribution in [0, 0.1) is 0 Å². The van der Waals surface area contributed by atoms with Crippen LogP contribution >= 0.6 is 12.2 Å². The molecule has 1 saturated heterocycles. The van der Waals surface area contributed by atoms with Crippen LogP contribution in [0.15, 0.2) is 47.0 Å². The standard InChI is InChI=1S/C20H23N3S/c21-20(16-5-1-2-7-19(16)24)22-15-9-8-14-10-12-23-11-4-3-6-18(23)17(14)13-15/h1-2,5,8-9,13,18H,3-4,6-7,10-12H2,(H2,21,22). The SMILES string of the molecule is NC(=Nc1ccc2c(c1)C1CCCCN1CC2)C1=CC=CCC1=S. The summed E-state index contributed by atoms with van der Waals surface area (Å²) in [5.41, 5.74) is 11.0. The smallest absolute Gasteiger partial charge is 0.132 e. The van der Waals surface area contributed by atoms with Gasteiger partial charge in [0.1, 0.15) is 5.84 Å². The number of hydrogen-bond donors (Lipinski definition) is 1. The average Bonchev–Trinajstić information content (AvgIpc) is 2.62. The molecule has 0 spiro atoms. The highest BCUT2D eigenvalue weighted by Crippen LogP contribution is 2.38. The second kappa shape index (κ2) is 6.61. The summed E-state index contributed by atoms with van der Waals surface area (Å²) >= 11 is 5.41. The van der Waals surface area contributed by atoms with E-state index in [1.54, 1.807) is 0 Å². The van der Waals surface area contributed by atoms with Crippen LogP contribution < -0.4 is 5.73 Å². The predicted octanol–water partition coefficient (Wildman–Crippen LogP) is 4.01. The summed E-state index contributed by atoms with van der Waals surface area (Å²) in [6, 6.07) is 7.14. The molecule has 2 aliphatic heterocycles. The number of fused-ring (bicyclic) bond motifs is 3. The molecule has 0 aromatic heterocycles. The van der Waals surface area contributed by atoms with Gasteiger partial charge in [0, 0.05) is 29.4 Å². The lowest BCUT2D eigenvalue weighted by atomic mass is 9.87. The maximum absolute atomic E-state index is 6.23. The fraction of sp³-hybridized carbons (Fsp3) is 0.400. The molecule has 2 heterocycles. The van der Waals surface area contributed by atoms with Gasteiger partial charge in [-0.15, -0.1) is 0 Å². The average molecular weight is 337 g/mol. The Balaban J connectivity index is 1.65. The van der Waals surface area contributed by atoms with Crippen LogP contribution in [-0.2, 0) is 6.42 Å². The van der Waals surface area contributed by atoms with Crippen molar-refractivity contribution in [3.05, 3.63) is 53.1 Å². The monoisotopic (exact) mass is 337 g/mol. The summed E-state index contributed by atoms with van der Waals surface area (Å²) in [6.07, 6.45) is 11.8. The van der Waals surface area contributed by atoms with Crippen molar-refractivity contribution in [3.8, 4) is 0 Å². The zero-order valence-electron chi connectivity index (χ0n) is 13.9. The van der Waals surface area contributed by atoms with Gasteiger partial charge >= 0.3 is 0 Å². The number of piperidine rings is 1. The van der Waals surface area contributed by atoms with Gasteiger partial charge in [-0.3, -0.25) is 4.90 Å². The number of thiocarbonyl (C=S) groups is 1. The molecule has 124 valence electrons. The van der Waals surface area contributed by atoms with E-state index in [0.29, 0.717) is 11.9 Å². The third-order valence-corrected chi connectivity index (χ3v) is 5.69. The van der Waals surface area contributed by atoms with Crippen LogP contribution in [0.2, 0.25) is 0 Å². The first kappa shape index (κ1) is 15.7. The van der Waals surface area contributed by atoms with Crippen molar-refractivity contribution >= 4 is 28.6 Å². The largest absolute Gasteiger partial charge is 0.383 e. The van der Waals surface area contributed by atoms with Crippen molar-refractivity contribution in [2.45, 2.75) is 38.1 Å².